The fourth-order valence-electron chi connectivity index (χ4n) is 0. The first-order valence-corrected chi connectivity index (χ1v) is 2.45. The quantitative estimate of drug-likeness (QED) is 0.353. The average molecular weight is 188 g/mol. The standard InChI is InChI=1S/Li.O4Si.Y/c;1-5(2,3)4;/q+1;-4;+3. The molecular weight excluding hydrogens is 188 g/mol. The Morgan fingerprint density at radius 1 is 0.857 bits per heavy atom. The first kappa shape index (κ1) is 15.9. The zero-order valence-corrected chi connectivity index (χ0v) is 7.55. The summed E-state index contributed by atoms with van der Waals surface area (Å²) in [5, 5.41) is 0. The minimum atomic E-state index is -5.61. The SMILES string of the molecule is [Li+].[O-][Si]([O-])([O-])[O-].[Y+3]. The molecule has 0 fully saturated rings. The molecule has 0 bridgehead atoms. The molecule has 0 saturated carbocycles. The molecule has 0 N–H and O–H groups in total. The van der Waals surface area contributed by atoms with Crippen LogP contribution in [0, 0.1) is 0 Å². The Morgan fingerprint density at radius 3 is 0.857 bits per heavy atom. The monoisotopic (exact) mass is 188 g/mol. The third-order valence-electron chi connectivity index (χ3n) is 0. The molecule has 0 aliphatic carbocycles. The van der Waals surface area contributed by atoms with E-state index in [0.717, 1.165) is 0 Å². The molecule has 7 heavy (non-hydrogen) atoms. The van der Waals surface area contributed by atoms with E-state index >= 15 is 0 Å². The molecule has 0 aromatic carbocycles. The van der Waals surface area contributed by atoms with Gasteiger partial charge >= 0.3 is 51.6 Å². The van der Waals surface area contributed by atoms with Crippen LogP contribution in [0.5, 0.6) is 0 Å². The van der Waals surface area contributed by atoms with Crippen molar-refractivity contribution in [2.45, 2.75) is 0 Å². The summed E-state index contributed by atoms with van der Waals surface area (Å²) in [5.41, 5.74) is 0. The Labute approximate surface area is 79.1 Å². The maximum Gasteiger partial charge on any atom is 3.00 e. The van der Waals surface area contributed by atoms with Crippen molar-refractivity contribution in [3.63, 3.8) is 0 Å². The van der Waals surface area contributed by atoms with E-state index in [9.17, 15) is 0 Å². The predicted octanol–water partition coefficient (Wildman–Crippen LogP) is -8.14. The molecule has 32 valence electrons. The molecule has 0 spiro atoms. The van der Waals surface area contributed by atoms with Crippen LogP contribution >= 0.6 is 0 Å². The maximum absolute atomic E-state index is 8.58. The van der Waals surface area contributed by atoms with E-state index < -0.39 is 9.05 Å². The normalized spacial score (nSPS) is 8.57. The van der Waals surface area contributed by atoms with Crippen LogP contribution in [0.15, 0.2) is 0 Å². The second-order valence-corrected chi connectivity index (χ2v) is 1.50. The zero-order chi connectivity index (χ0) is 4.50. The Hall–Kier alpha value is 1.76. The van der Waals surface area contributed by atoms with Crippen LogP contribution in [-0.2, 0) is 32.7 Å². The van der Waals surface area contributed by atoms with E-state index in [4.69, 9.17) is 19.2 Å². The molecule has 0 heterocycles. The van der Waals surface area contributed by atoms with Crippen molar-refractivity contribution in [3.8, 4) is 0 Å². The molecule has 0 atom stereocenters. The minimum absolute atomic E-state index is 0. The smallest absolute Gasteiger partial charge is 0.894 e. The molecule has 7 heteroatoms. The summed E-state index contributed by atoms with van der Waals surface area (Å²) < 4.78 is 0. The van der Waals surface area contributed by atoms with Crippen LogP contribution in [-0.4, -0.2) is 9.05 Å². The van der Waals surface area contributed by atoms with Crippen LogP contribution < -0.4 is 38.0 Å². The van der Waals surface area contributed by atoms with Gasteiger partial charge in [0, 0.05) is 0 Å². The van der Waals surface area contributed by atoms with Crippen LogP contribution in [0.4, 0.5) is 0 Å². The van der Waals surface area contributed by atoms with Gasteiger partial charge in [-0.05, 0) is 0 Å². The van der Waals surface area contributed by atoms with E-state index in [1.807, 2.05) is 0 Å². The molecule has 0 radical (unpaired) electrons. The third-order valence-corrected chi connectivity index (χ3v) is 0. The van der Waals surface area contributed by atoms with Gasteiger partial charge in [0.15, 0.2) is 0 Å². The maximum atomic E-state index is 8.58. The van der Waals surface area contributed by atoms with Crippen molar-refractivity contribution in [1.82, 2.24) is 0 Å². The van der Waals surface area contributed by atoms with Gasteiger partial charge in [0.2, 0.25) is 0 Å². The van der Waals surface area contributed by atoms with Crippen LogP contribution in [0.1, 0.15) is 0 Å². The molecule has 0 aliphatic heterocycles. The van der Waals surface area contributed by atoms with Gasteiger partial charge in [0.25, 0.3) is 0 Å². The summed E-state index contributed by atoms with van der Waals surface area (Å²) in [6.07, 6.45) is 0. The zero-order valence-electron chi connectivity index (χ0n) is 3.71. The average Bonchev–Trinajstić information content (AvgIpc) is 0.722. The molecule has 4 nitrogen and oxygen atoms in total. The van der Waals surface area contributed by atoms with Gasteiger partial charge in [-0.15, -0.1) is 0 Å². The fourth-order valence-corrected chi connectivity index (χ4v) is 0. The largest absolute Gasteiger partial charge is 3.00 e. The Kier molecular flexibility index (Phi) is 13.4. The van der Waals surface area contributed by atoms with Crippen LogP contribution in [0.2, 0.25) is 0 Å². The summed E-state index contributed by atoms with van der Waals surface area (Å²) in [6.45, 7) is 0. The van der Waals surface area contributed by atoms with Gasteiger partial charge < -0.3 is 28.2 Å². The van der Waals surface area contributed by atoms with Gasteiger partial charge in [0.05, 0.1) is 0 Å². The molecule has 0 aliphatic rings. The third kappa shape index (κ3) is 83.2. The minimum Gasteiger partial charge on any atom is -0.894 e. The van der Waals surface area contributed by atoms with Crippen molar-refractivity contribution in [2.75, 3.05) is 0 Å². The van der Waals surface area contributed by atoms with Crippen molar-refractivity contribution in [3.05, 3.63) is 0 Å². The van der Waals surface area contributed by atoms with E-state index in [-0.39, 0.29) is 51.6 Å². The van der Waals surface area contributed by atoms with Crippen LogP contribution in [0.3, 0.4) is 0 Å². The molecule has 0 unspecified atom stereocenters. The molecule has 0 aromatic heterocycles. The number of hydrogen-bond donors (Lipinski definition) is 0. The fraction of sp³-hybridized carbons (Fsp3) is 0. The number of rotatable bonds is 0. The van der Waals surface area contributed by atoms with Crippen LogP contribution in [0.25, 0.3) is 0 Å². The van der Waals surface area contributed by atoms with Crippen molar-refractivity contribution < 1.29 is 70.8 Å². The summed E-state index contributed by atoms with van der Waals surface area (Å²) in [7, 11) is -5.61. The summed E-state index contributed by atoms with van der Waals surface area (Å²) in [4.78, 5) is 34.3. The summed E-state index contributed by atoms with van der Waals surface area (Å²) in [6, 6.07) is 0. The molecule has 0 amide bonds. The second-order valence-electron chi connectivity index (χ2n) is 0.500. The predicted molar refractivity (Wildman–Crippen MR) is 5.75 cm³/mol. The van der Waals surface area contributed by atoms with Gasteiger partial charge in [-0.3, -0.25) is 0 Å². The first-order valence-electron chi connectivity index (χ1n) is 0.816. The molecule has 0 aromatic rings. The van der Waals surface area contributed by atoms with E-state index in [1.165, 1.54) is 0 Å². The van der Waals surface area contributed by atoms with E-state index in [1.54, 1.807) is 0 Å². The molecular formula is LiO4SiY. The summed E-state index contributed by atoms with van der Waals surface area (Å²) in [5.74, 6) is 0. The van der Waals surface area contributed by atoms with Gasteiger partial charge in [-0.25, -0.2) is 0 Å². The van der Waals surface area contributed by atoms with Gasteiger partial charge in [-0.2, -0.15) is 0 Å². The Balaban J connectivity index is -0.0000000800. The first-order chi connectivity index (χ1) is 2.00. The van der Waals surface area contributed by atoms with Crippen molar-refractivity contribution >= 4 is 9.05 Å². The topological polar surface area (TPSA) is 92.2 Å². The molecule has 0 saturated heterocycles. The van der Waals surface area contributed by atoms with Crippen molar-refractivity contribution in [1.29, 1.82) is 0 Å². The second kappa shape index (κ2) is 5.89. The Bertz CT molecular complexity index is 27.2. The van der Waals surface area contributed by atoms with E-state index in [0.29, 0.717) is 0 Å². The number of hydrogen-bond acceptors (Lipinski definition) is 4. The van der Waals surface area contributed by atoms with Gasteiger partial charge in [0.1, 0.15) is 0 Å². The Morgan fingerprint density at radius 2 is 0.857 bits per heavy atom. The van der Waals surface area contributed by atoms with Gasteiger partial charge in [-0.1, -0.05) is 0 Å². The summed E-state index contributed by atoms with van der Waals surface area (Å²) >= 11 is 0. The van der Waals surface area contributed by atoms with E-state index in [2.05, 4.69) is 0 Å². The molecule has 0 rings (SSSR count). The van der Waals surface area contributed by atoms with Crippen molar-refractivity contribution in [2.24, 2.45) is 0 Å².